The van der Waals surface area contributed by atoms with Crippen LogP contribution in [-0.4, -0.2) is 47.1 Å². The van der Waals surface area contributed by atoms with Crippen LogP contribution in [0.5, 0.6) is 0 Å². The molecule has 0 aliphatic carbocycles. The van der Waals surface area contributed by atoms with Crippen LogP contribution in [0.15, 0.2) is 0 Å². The lowest BCUT2D eigenvalue weighted by Gasteiger charge is -2.65. The normalized spacial score (nSPS) is 51.5. The first-order valence-corrected chi connectivity index (χ1v) is 8.63. The molecule has 2 heteroatoms. The number of nitrogens with zero attached hydrogens (tertiary/aromatic N) is 2. The summed E-state index contributed by atoms with van der Waals surface area (Å²) in [4.78, 5) is 5.79. The molecule has 2 bridgehead atoms. The molecule has 0 aromatic carbocycles. The van der Waals surface area contributed by atoms with E-state index in [1.165, 1.54) is 71.1 Å². The van der Waals surface area contributed by atoms with Gasteiger partial charge >= 0.3 is 0 Å². The predicted octanol–water partition coefficient (Wildman–Crippen LogP) is 3.13. The van der Waals surface area contributed by atoms with E-state index in [1.54, 1.807) is 0 Å². The Morgan fingerprint density at radius 2 is 1.21 bits per heavy atom. The average molecular weight is 262 g/mol. The SMILES string of the molecule is CC12CCCCN1CC1CC2CN2CCCCC12C. The summed E-state index contributed by atoms with van der Waals surface area (Å²) in [6, 6.07) is 0. The second-order valence-corrected chi connectivity index (χ2v) is 8.15. The van der Waals surface area contributed by atoms with Crippen LogP contribution < -0.4 is 0 Å². The van der Waals surface area contributed by atoms with Gasteiger partial charge in [0, 0.05) is 24.2 Å². The summed E-state index contributed by atoms with van der Waals surface area (Å²) in [6.07, 6.45) is 10.2. The molecule has 0 saturated carbocycles. The summed E-state index contributed by atoms with van der Waals surface area (Å²) < 4.78 is 0. The zero-order valence-electron chi connectivity index (χ0n) is 12.8. The Labute approximate surface area is 118 Å². The summed E-state index contributed by atoms with van der Waals surface area (Å²) in [5, 5.41) is 0. The maximum Gasteiger partial charge on any atom is 0.0222 e. The first-order valence-electron chi connectivity index (χ1n) is 8.63. The van der Waals surface area contributed by atoms with E-state index >= 15 is 0 Å². The summed E-state index contributed by atoms with van der Waals surface area (Å²) in [5.41, 5.74) is 1.07. The van der Waals surface area contributed by atoms with E-state index in [1.807, 2.05) is 0 Å². The van der Waals surface area contributed by atoms with Gasteiger partial charge in [-0.2, -0.15) is 0 Å². The van der Waals surface area contributed by atoms with Crippen molar-refractivity contribution >= 4 is 0 Å². The molecule has 19 heavy (non-hydrogen) atoms. The lowest BCUT2D eigenvalue weighted by Crippen LogP contribution is -2.71. The van der Waals surface area contributed by atoms with Gasteiger partial charge in [0.2, 0.25) is 0 Å². The number of piperidine rings is 4. The van der Waals surface area contributed by atoms with E-state index in [9.17, 15) is 0 Å². The highest BCUT2D eigenvalue weighted by atomic mass is 15.3. The highest BCUT2D eigenvalue weighted by molar-refractivity contribution is 5.11. The van der Waals surface area contributed by atoms with Crippen LogP contribution >= 0.6 is 0 Å². The maximum atomic E-state index is 2.90. The molecule has 0 aromatic rings. The quantitative estimate of drug-likeness (QED) is 0.662. The summed E-state index contributed by atoms with van der Waals surface area (Å²) in [6.45, 7) is 10.7. The second-order valence-electron chi connectivity index (χ2n) is 8.15. The molecular weight excluding hydrogens is 232 g/mol. The number of fused-ring (bicyclic) bond motifs is 6. The minimum atomic E-state index is 0.535. The van der Waals surface area contributed by atoms with Gasteiger partial charge in [0.1, 0.15) is 0 Å². The molecule has 4 rings (SSSR count). The Bertz CT molecular complexity index is 334. The minimum absolute atomic E-state index is 0.535. The van der Waals surface area contributed by atoms with E-state index in [4.69, 9.17) is 0 Å². The molecule has 4 fully saturated rings. The van der Waals surface area contributed by atoms with Crippen molar-refractivity contribution in [2.45, 2.75) is 69.9 Å². The zero-order chi connectivity index (χ0) is 13.1. The fraction of sp³-hybridized carbons (Fsp3) is 1.00. The maximum absolute atomic E-state index is 2.90. The van der Waals surface area contributed by atoms with Crippen molar-refractivity contribution in [2.75, 3.05) is 26.2 Å². The second kappa shape index (κ2) is 4.21. The molecule has 0 N–H and O–H groups in total. The van der Waals surface area contributed by atoms with Crippen molar-refractivity contribution in [3.8, 4) is 0 Å². The van der Waals surface area contributed by atoms with Gasteiger partial charge in [-0.15, -0.1) is 0 Å². The van der Waals surface area contributed by atoms with Gasteiger partial charge in [0.05, 0.1) is 0 Å². The molecule has 4 atom stereocenters. The minimum Gasteiger partial charge on any atom is -0.297 e. The molecule has 4 aliphatic rings. The predicted molar refractivity (Wildman–Crippen MR) is 79.3 cm³/mol. The summed E-state index contributed by atoms with van der Waals surface area (Å²) in [5.74, 6) is 1.88. The third kappa shape index (κ3) is 1.68. The highest BCUT2D eigenvalue weighted by Crippen LogP contribution is 2.52. The van der Waals surface area contributed by atoms with E-state index in [-0.39, 0.29) is 0 Å². The standard InChI is InChI=1S/C17H30N2/c1-16-7-3-5-9-18(16)13-15-11-14(16)12-19-10-6-4-8-17(15,19)2/h14-15H,3-13H2,1-2H3. The van der Waals surface area contributed by atoms with Crippen LogP contribution in [0.4, 0.5) is 0 Å². The zero-order valence-corrected chi connectivity index (χ0v) is 12.8. The average Bonchev–Trinajstić information content (AvgIpc) is 2.41. The number of hydrogen-bond acceptors (Lipinski definition) is 2. The molecule has 2 nitrogen and oxygen atoms in total. The summed E-state index contributed by atoms with van der Waals surface area (Å²) >= 11 is 0. The molecule has 4 heterocycles. The van der Waals surface area contributed by atoms with Crippen molar-refractivity contribution in [3.05, 3.63) is 0 Å². The fourth-order valence-corrected chi connectivity index (χ4v) is 5.85. The highest BCUT2D eigenvalue weighted by Gasteiger charge is 2.56. The molecule has 4 saturated heterocycles. The van der Waals surface area contributed by atoms with Crippen molar-refractivity contribution in [1.82, 2.24) is 9.80 Å². The smallest absolute Gasteiger partial charge is 0.0222 e. The van der Waals surface area contributed by atoms with Crippen LogP contribution in [0.25, 0.3) is 0 Å². The van der Waals surface area contributed by atoms with Crippen molar-refractivity contribution in [1.29, 1.82) is 0 Å². The monoisotopic (exact) mass is 262 g/mol. The molecule has 0 amide bonds. The molecule has 0 radical (unpaired) electrons. The topological polar surface area (TPSA) is 6.48 Å². The first kappa shape index (κ1) is 12.6. The Morgan fingerprint density at radius 1 is 0.737 bits per heavy atom. The Balaban J connectivity index is 1.66. The lowest BCUT2D eigenvalue weighted by molar-refractivity contribution is -0.149. The first-order chi connectivity index (χ1) is 9.13. The van der Waals surface area contributed by atoms with Gasteiger partial charge < -0.3 is 0 Å². The van der Waals surface area contributed by atoms with Crippen LogP contribution in [0, 0.1) is 11.8 Å². The molecule has 4 unspecified atom stereocenters. The molecular formula is C17H30N2. The van der Waals surface area contributed by atoms with Gasteiger partial charge in [0.25, 0.3) is 0 Å². The Hall–Kier alpha value is -0.0800. The molecule has 0 aromatic heterocycles. The van der Waals surface area contributed by atoms with E-state index in [2.05, 4.69) is 23.6 Å². The lowest BCUT2D eigenvalue weighted by atomic mass is 9.60. The van der Waals surface area contributed by atoms with Crippen molar-refractivity contribution < 1.29 is 0 Å². The fourth-order valence-electron chi connectivity index (χ4n) is 5.85. The van der Waals surface area contributed by atoms with Crippen molar-refractivity contribution in [2.24, 2.45) is 11.8 Å². The molecule has 108 valence electrons. The number of hydrogen-bond donors (Lipinski definition) is 0. The molecule has 4 aliphatic heterocycles. The van der Waals surface area contributed by atoms with E-state index < -0.39 is 0 Å². The van der Waals surface area contributed by atoms with Gasteiger partial charge in [-0.1, -0.05) is 12.8 Å². The van der Waals surface area contributed by atoms with Gasteiger partial charge in [-0.3, -0.25) is 9.80 Å². The van der Waals surface area contributed by atoms with E-state index in [0.29, 0.717) is 11.1 Å². The van der Waals surface area contributed by atoms with Crippen LogP contribution in [-0.2, 0) is 0 Å². The van der Waals surface area contributed by atoms with Gasteiger partial charge in [-0.05, 0) is 70.9 Å². The Kier molecular flexibility index (Phi) is 2.80. The summed E-state index contributed by atoms with van der Waals surface area (Å²) in [7, 11) is 0. The Morgan fingerprint density at radius 3 is 1.68 bits per heavy atom. The third-order valence-electron chi connectivity index (χ3n) is 7.38. The van der Waals surface area contributed by atoms with Crippen LogP contribution in [0.1, 0.15) is 58.8 Å². The third-order valence-corrected chi connectivity index (χ3v) is 7.38. The van der Waals surface area contributed by atoms with Crippen LogP contribution in [0.2, 0.25) is 0 Å². The van der Waals surface area contributed by atoms with Gasteiger partial charge in [-0.25, -0.2) is 0 Å². The van der Waals surface area contributed by atoms with E-state index in [0.717, 1.165) is 11.8 Å². The molecule has 0 spiro atoms. The largest absolute Gasteiger partial charge is 0.297 e. The van der Waals surface area contributed by atoms with Crippen molar-refractivity contribution in [3.63, 3.8) is 0 Å². The van der Waals surface area contributed by atoms with Crippen LogP contribution in [0.3, 0.4) is 0 Å². The van der Waals surface area contributed by atoms with Gasteiger partial charge in [0.15, 0.2) is 0 Å². The number of rotatable bonds is 0.